The van der Waals surface area contributed by atoms with E-state index in [-0.39, 0.29) is 30.1 Å². The Balaban J connectivity index is 0.00000280. The Morgan fingerprint density at radius 2 is 1.93 bits per heavy atom. The lowest BCUT2D eigenvalue weighted by atomic mass is 10.1. The van der Waals surface area contributed by atoms with Gasteiger partial charge < -0.3 is 24.5 Å². The molecule has 6 nitrogen and oxygen atoms in total. The molecule has 1 aliphatic rings. The van der Waals surface area contributed by atoms with Crippen LogP contribution in [-0.2, 0) is 17.6 Å². The van der Waals surface area contributed by atoms with Gasteiger partial charge in [0.25, 0.3) is 0 Å². The molecular weight excluding hydrogens is 469 g/mol. The van der Waals surface area contributed by atoms with Crippen molar-refractivity contribution in [3.05, 3.63) is 54.0 Å². The van der Waals surface area contributed by atoms with Crippen LogP contribution in [0, 0.1) is 0 Å². The second kappa shape index (κ2) is 12.7. The summed E-state index contributed by atoms with van der Waals surface area (Å²) in [7, 11) is 1.68. The Morgan fingerprint density at radius 1 is 1.14 bits per heavy atom. The molecule has 2 heterocycles. The summed E-state index contributed by atoms with van der Waals surface area (Å²) in [6, 6.07) is 12.1. The van der Waals surface area contributed by atoms with E-state index >= 15 is 0 Å². The van der Waals surface area contributed by atoms with Crippen molar-refractivity contribution in [2.45, 2.75) is 31.8 Å². The van der Waals surface area contributed by atoms with Gasteiger partial charge in [0.15, 0.2) is 5.96 Å². The van der Waals surface area contributed by atoms with Gasteiger partial charge in [-0.15, -0.1) is 24.0 Å². The summed E-state index contributed by atoms with van der Waals surface area (Å²) in [6.45, 7) is 3.13. The highest BCUT2D eigenvalue weighted by molar-refractivity contribution is 14.0. The van der Waals surface area contributed by atoms with Crippen molar-refractivity contribution in [3.63, 3.8) is 0 Å². The number of ether oxygens (including phenoxy) is 2. The highest BCUT2D eigenvalue weighted by Gasteiger charge is 2.14. The third-order valence-corrected chi connectivity index (χ3v) is 4.59. The summed E-state index contributed by atoms with van der Waals surface area (Å²) in [4.78, 5) is 4.70. The highest BCUT2D eigenvalue weighted by atomic mass is 127. The number of benzene rings is 1. The van der Waals surface area contributed by atoms with E-state index in [4.69, 9.17) is 18.9 Å². The number of methoxy groups -OCH3 is 1. The maximum atomic E-state index is 5.67. The summed E-state index contributed by atoms with van der Waals surface area (Å²) >= 11 is 0. The minimum atomic E-state index is 0. The summed E-state index contributed by atoms with van der Waals surface area (Å²) in [5.74, 6) is 2.68. The number of nitrogens with one attached hydrogen (secondary N) is 2. The molecule has 1 aliphatic heterocycles. The van der Waals surface area contributed by atoms with Crippen LogP contribution in [-0.4, -0.2) is 45.4 Å². The molecule has 3 rings (SSSR count). The van der Waals surface area contributed by atoms with Gasteiger partial charge >= 0.3 is 0 Å². The van der Waals surface area contributed by atoms with Gasteiger partial charge in [0.1, 0.15) is 11.5 Å². The second-order valence-electron chi connectivity index (χ2n) is 6.61. The molecule has 1 aromatic carbocycles. The first-order valence-electron chi connectivity index (χ1n) is 9.62. The molecule has 1 aromatic heterocycles. The molecule has 7 heteroatoms. The predicted molar refractivity (Wildman–Crippen MR) is 122 cm³/mol. The molecule has 2 N–H and O–H groups in total. The van der Waals surface area contributed by atoms with Gasteiger partial charge in [0.2, 0.25) is 0 Å². The minimum absolute atomic E-state index is 0. The number of guanidine groups is 1. The molecule has 0 aliphatic carbocycles. The van der Waals surface area contributed by atoms with E-state index in [2.05, 4.69) is 22.8 Å². The number of furan rings is 1. The van der Waals surface area contributed by atoms with Crippen molar-refractivity contribution in [1.29, 1.82) is 0 Å². The monoisotopic (exact) mass is 499 g/mol. The lowest BCUT2D eigenvalue weighted by Gasteiger charge is -2.14. The van der Waals surface area contributed by atoms with E-state index in [0.29, 0.717) is 6.54 Å². The van der Waals surface area contributed by atoms with Crippen molar-refractivity contribution >= 4 is 29.9 Å². The number of aliphatic imine (C=N–C) groups is 1. The van der Waals surface area contributed by atoms with Crippen LogP contribution >= 0.6 is 24.0 Å². The van der Waals surface area contributed by atoms with Gasteiger partial charge in [-0.2, -0.15) is 0 Å². The fourth-order valence-electron chi connectivity index (χ4n) is 3.03. The SMILES string of the molecule is COc1ccc(CCNC(=NCC2CCCO2)NCCc2ccco2)cc1.I. The molecule has 1 atom stereocenters. The van der Waals surface area contributed by atoms with Gasteiger partial charge in [0.05, 0.1) is 26.0 Å². The fraction of sp³-hybridized carbons (Fsp3) is 0.476. The van der Waals surface area contributed by atoms with E-state index in [1.54, 1.807) is 13.4 Å². The average molecular weight is 499 g/mol. The van der Waals surface area contributed by atoms with Gasteiger partial charge in [0, 0.05) is 26.1 Å². The van der Waals surface area contributed by atoms with Crippen molar-refractivity contribution in [1.82, 2.24) is 10.6 Å². The van der Waals surface area contributed by atoms with E-state index in [0.717, 1.165) is 62.8 Å². The molecule has 0 bridgehead atoms. The molecule has 2 aromatic rings. The lowest BCUT2D eigenvalue weighted by Crippen LogP contribution is -2.40. The Bertz CT molecular complexity index is 683. The van der Waals surface area contributed by atoms with E-state index < -0.39 is 0 Å². The zero-order chi connectivity index (χ0) is 18.7. The first-order chi connectivity index (χ1) is 13.3. The number of rotatable bonds is 9. The summed E-state index contributed by atoms with van der Waals surface area (Å²) in [5, 5.41) is 6.81. The van der Waals surface area contributed by atoms with Crippen molar-refractivity contribution < 1.29 is 13.9 Å². The van der Waals surface area contributed by atoms with Crippen LogP contribution in [0.5, 0.6) is 5.75 Å². The molecular formula is C21H30IN3O3. The quantitative estimate of drug-likeness (QED) is 0.315. The molecule has 0 spiro atoms. The standard InChI is InChI=1S/C21H29N3O3.HI/c1-25-18-8-6-17(7-9-18)10-12-22-21(24-16-20-5-3-15-27-20)23-13-11-19-4-2-14-26-19;/h2,4,6-9,14,20H,3,5,10-13,15-16H2,1H3,(H2,22,23,24);1H. The summed E-state index contributed by atoms with van der Waals surface area (Å²) in [6.07, 6.45) is 5.92. The largest absolute Gasteiger partial charge is 0.497 e. The number of hydrogen-bond acceptors (Lipinski definition) is 4. The minimum Gasteiger partial charge on any atom is -0.497 e. The van der Waals surface area contributed by atoms with Gasteiger partial charge in [-0.25, -0.2) is 0 Å². The number of hydrogen-bond donors (Lipinski definition) is 2. The highest BCUT2D eigenvalue weighted by Crippen LogP contribution is 2.12. The molecule has 0 amide bonds. The molecule has 1 unspecified atom stereocenters. The molecule has 154 valence electrons. The van der Waals surface area contributed by atoms with E-state index in [1.165, 1.54) is 5.56 Å². The fourth-order valence-corrected chi connectivity index (χ4v) is 3.03. The van der Waals surface area contributed by atoms with Crippen LogP contribution in [0.3, 0.4) is 0 Å². The van der Waals surface area contributed by atoms with Crippen LogP contribution in [0.4, 0.5) is 0 Å². The Morgan fingerprint density at radius 3 is 2.57 bits per heavy atom. The topological polar surface area (TPSA) is 68.0 Å². The lowest BCUT2D eigenvalue weighted by molar-refractivity contribution is 0.117. The zero-order valence-corrected chi connectivity index (χ0v) is 18.7. The molecule has 1 fully saturated rings. The normalized spacial score (nSPS) is 16.5. The van der Waals surface area contributed by atoms with Gasteiger partial charge in [-0.05, 0) is 49.1 Å². The molecule has 28 heavy (non-hydrogen) atoms. The molecule has 0 radical (unpaired) electrons. The average Bonchev–Trinajstić information content (AvgIpc) is 3.40. The Kier molecular flexibility index (Phi) is 10.2. The van der Waals surface area contributed by atoms with E-state index in [9.17, 15) is 0 Å². The third kappa shape index (κ3) is 7.71. The zero-order valence-electron chi connectivity index (χ0n) is 16.4. The van der Waals surface area contributed by atoms with Crippen LogP contribution < -0.4 is 15.4 Å². The van der Waals surface area contributed by atoms with Crippen LogP contribution in [0.25, 0.3) is 0 Å². The second-order valence-corrected chi connectivity index (χ2v) is 6.61. The van der Waals surface area contributed by atoms with Crippen LogP contribution in [0.1, 0.15) is 24.2 Å². The van der Waals surface area contributed by atoms with E-state index in [1.807, 2.05) is 24.3 Å². The number of nitrogens with zero attached hydrogens (tertiary/aromatic N) is 1. The first kappa shape index (κ1) is 22.5. The Hall–Kier alpha value is -1.74. The smallest absolute Gasteiger partial charge is 0.191 e. The van der Waals surface area contributed by atoms with Gasteiger partial charge in [-0.3, -0.25) is 4.99 Å². The maximum Gasteiger partial charge on any atom is 0.191 e. The predicted octanol–water partition coefficient (Wildman–Crippen LogP) is 3.41. The Labute approximate surface area is 184 Å². The van der Waals surface area contributed by atoms with Crippen LogP contribution in [0.15, 0.2) is 52.1 Å². The maximum absolute atomic E-state index is 5.67. The van der Waals surface area contributed by atoms with Crippen molar-refractivity contribution in [2.24, 2.45) is 4.99 Å². The summed E-state index contributed by atoms with van der Waals surface area (Å²) < 4.78 is 16.3. The van der Waals surface area contributed by atoms with Crippen LogP contribution in [0.2, 0.25) is 0 Å². The van der Waals surface area contributed by atoms with Crippen molar-refractivity contribution in [2.75, 3.05) is 33.4 Å². The molecule has 1 saturated heterocycles. The van der Waals surface area contributed by atoms with Gasteiger partial charge in [-0.1, -0.05) is 12.1 Å². The molecule has 0 saturated carbocycles. The first-order valence-corrected chi connectivity index (χ1v) is 9.62. The third-order valence-electron chi connectivity index (χ3n) is 4.59. The number of halogens is 1. The van der Waals surface area contributed by atoms with Crippen molar-refractivity contribution in [3.8, 4) is 5.75 Å². The summed E-state index contributed by atoms with van der Waals surface area (Å²) in [5.41, 5.74) is 1.26.